The zero-order valence-electron chi connectivity index (χ0n) is 14.9. The Kier molecular flexibility index (Phi) is 4.15. The quantitative estimate of drug-likeness (QED) is 0.737. The average Bonchev–Trinajstić information content (AvgIpc) is 3.06. The van der Waals surface area contributed by atoms with Gasteiger partial charge in [-0.3, -0.25) is 9.59 Å². The zero-order chi connectivity index (χ0) is 19.0. The molecule has 0 aliphatic carbocycles. The highest BCUT2D eigenvalue weighted by Crippen LogP contribution is 2.30. The first-order valence-electron chi connectivity index (χ1n) is 8.41. The molecule has 8 nitrogen and oxygen atoms in total. The SMILES string of the molecule is COc1ccc(OC)c(NC(=O)C2CC(=O)n3c(nc4ccccc43)N2)c1. The van der Waals surface area contributed by atoms with E-state index in [0.29, 0.717) is 28.7 Å². The number of anilines is 2. The predicted molar refractivity (Wildman–Crippen MR) is 101 cm³/mol. The zero-order valence-corrected chi connectivity index (χ0v) is 14.9. The number of hydrogen-bond donors (Lipinski definition) is 2. The van der Waals surface area contributed by atoms with Crippen LogP contribution in [-0.4, -0.2) is 41.6 Å². The summed E-state index contributed by atoms with van der Waals surface area (Å²) in [4.78, 5) is 29.8. The molecule has 1 aromatic heterocycles. The summed E-state index contributed by atoms with van der Waals surface area (Å²) in [6, 6.07) is 11.7. The highest BCUT2D eigenvalue weighted by Gasteiger charge is 2.32. The number of carbonyl (C=O) groups is 2. The molecule has 0 saturated carbocycles. The molecule has 1 aliphatic heterocycles. The Morgan fingerprint density at radius 2 is 2.04 bits per heavy atom. The number of ether oxygens (including phenoxy) is 2. The van der Waals surface area contributed by atoms with Crippen LogP contribution in [0.25, 0.3) is 11.0 Å². The topological polar surface area (TPSA) is 94.5 Å². The smallest absolute Gasteiger partial charge is 0.247 e. The van der Waals surface area contributed by atoms with E-state index in [2.05, 4.69) is 15.6 Å². The highest BCUT2D eigenvalue weighted by molar-refractivity contribution is 6.04. The van der Waals surface area contributed by atoms with E-state index in [1.165, 1.54) is 11.7 Å². The van der Waals surface area contributed by atoms with Crippen molar-refractivity contribution >= 4 is 34.5 Å². The molecule has 138 valence electrons. The Morgan fingerprint density at radius 1 is 1.22 bits per heavy atom. The summed E-state index contributed by atoms with van der Waals surface area (Å²) < 4.78 is 12.0. The monoisotopic (exact) mass is 366 g/mol. The van der Waals surface area contributed by atoms with E-state index < -0.39 is 6.04 Å². The molecule has 2 N–H and O–H groups in total. The van der Waals surface area contributed by atoms with Crippen LogP contribution in [0.15, 0.2) is 42.5 Å². The van der Waals surface area contributed by atoms with Crippen molar-refractivity contribution in [3.63, 3.8) is 0 Å². The van der Waals surface area contributed by atoms with Crippen LogP contribution in [0.5, 0.6) is 11.5 Å². The maximum absolute atomic E-state index is 12.7. The second-order valence-corrected chi connectivity index (χ2v) is 6.11. The number of fused-ring (bicyclic) bond motifs is 3. The van der Waals surface area contributed by atoms with Gasteiger partial charge in [0.25, 0.3) is 0 Å². The standard InChI is InChI=1S/C19H18N4O4/c1-26-11-7-8-16(27-2)13(9-11)20-18(25)14-10-17(24)23-15-6-4-3-5-12(15)21-19(23)22-14/h3-9,14H,10H2,1-2H3,(H,20,25)(H,21,22). The van der Waals surface area contributed by atoms with E-state index in [-0.39, 0.29) is 18.2 Å². The molecule has 0 radical (unpaired) electrons. The van der Waals surface area contributed by atoms with Gasteiger partial charge in [0.1, 0.15) is 17.5 Å². The van der Waals surface area contributed by atoms with E-state index >= 15 is 0 Å². The lowest BCUT2D eigenvalue weighted by Gasteiger charge is -2.24. The second-order valence-electron chi connectivity index (χ2n) is 6.11. The Labute approximate surface area is 155 Å². The molecule has 1 atom stereocenters. The van der Waals surface area contributed by atoms with Crippen molar-refractivity contribution in [2.45, 2.75) is 12.5 Å². The summed E-state index contributed by atoms with van der Waals surface area (Å²) in [6.07, 6.45) is 0.0193. The van der Waals surface area contributed by atoms with Crippen molar-refractivity contribution in [1.29, 1.82) is 0 Å². The number of carbonyl (C=O) groups excluding carboxylic acids is 2. The maximum atomic E-state index is 12.7. The Morgan fingerprint density at radius 3 is 2.81 bits per heavy atom. The van der Waals surface area contributed by atoms with Crippen molar-refractivity contribution in [2.75, 3.05) is 24.9 Å². The number of rotatable bonds is 4. The minimum absolute atomic E-state index is 0.0193. The van der Waals surface area contributed by atoms with E-state index in [4.69, 9.17) is 9.47 Å². The summed E-state index contributed by atoms with van der Waals surface area (Å²) in [5, 5.41) is 5.85. The van der Waals surface area contributed by atoms with Crippen molar-refractivity contribution in [1.82, 2.24) is 9.55 Å². The first-order chi connectivity index (χ1) is 13.1. The third-order valence-corrected chi connectivity index (χ3v) is 4.47. The number of para-hydroxylation sites is 2. The molecule has 0 fully saturated rings. The molecular formula is C19H18N4O4. The lowest BCUT2D eigenvalue weighted by atomic mass is 10.1. The van der Waals surface area contributed by atoms with Crippen LogP contribution in [-0.2, 0) is 4.79 Å². The van der Waals surface area contributed by atoms with Gasteiger partial charge in [-0.15, -0.1) is 0 Å². The lowest BCUT2D eigenvalue weighted by Crippen LogP contribution is -2.42. The van der Waals surface area contributed by atoms with Crippen molar-refractivity contribution in [3.05, 3.63) is 42.5 Å². The molecule has 3 aromatic rings. The fraction of sp³-hybridized carbons (Fsp3) is 0.211. The maximum Gasteiger partial charge on any atom is 0.247 e. The predicted octanol–water partition coefficient (Wildman–Crippen LogP) is 2.52. The van der Waals surface area contributed by atoms with Gasteiger partial charge in [0.15, 0.2) is 0 Å². The summed E-state index contributed by atoms with van der Waals surface area (Å²) in [5.41, 5.74) is 1.89. The Bertz CT molecular complexity index is 1040. The number of aromatic nitrogens is 2. The second kappa shape index (κ2) is 6.64. The van der Waals surface area contributed by atoms with E-state index in [1.807, 2.05) is 24.3 Å². The van der Waals surface area contributed by atoms with Crippen LogP contribution in [0.1, 0.15) is 11.2 Å². The van der Waals surface area contributed by atoms with Crippen LogP contribution in [0.2, 0.25) is 0 Å². The molecule has 1 aliphatic rings. The molecule has 2 aromatic carbocycles. The van der Waals surface area contributed by atoms with Gasteiger partial charge in [-0.25, -0.2) is 9.55 Å². The van der Waals surface area contributed by atoms with Gasteiger partial charge >= 0.3 is 0 Å². The molecule has 0 spiro atoms. The molecule has 4 rings (SSSR count). The third-order valence-electron chi connectivity index (χ3n) is 4.47. The van der Waals surface area contributed by atoms with Gasteiger partial charge < -0.3 is 20.1 Å². The van der Waals surface area contributed by atoms with Gasteiger partial charge in [-0.1, -0.05) is 12.1 Å². The fourth-order valence-electron chi connectivity index (χ4n) is 3.14. The largest absolute Gasteiger partial charge is 0.497 e. The van der Waals surface area contributed by atoms with Crippen molar-refractivity contribution < 1.29 is 19.1 Å². The number of amides is 1. The van der Waals surface area contributed by atoms with Crippen LogP contribution in [0.4, 0.5) is 11.6 Å². The molecular weight excluding hydrogens is 348 g/mol. The number of methoxy groups -OCH3 is 2. The summed E-state index contributed by atoms with van der Waals surface area (Å²) >= 11 is 0. The van der Waals surface area contributed by atoms with E-state index in [1.54, 1.807) is 25.3 Å². The molecule has 2 heterocycles. The normalized spacial score (nSPS) is 15.8. The molecule has 1 unspecified atom stereocenters. The number of imidazole rings is 1. The van der Waals surface area contributed by atoms with Crippen LogP contribution in [0, 0.1) is 0 Å². The minimum Gasteiger partial charge on any atom is -0.497 e. The van der Waals surface area contributed by atoms with Crippen LogP contribution >= 0.6 is 0 Å². The number of benzene rings is 2. The van der Waals surface area contributed by atoms with Crippen molar-refractivity contribution in [3.8, 4) is 11.5 Å². The number of nitrogens with one attached hydrogen (secondary N) is 2. The average molecular weight is 366 g/mol. The first kappa shape index (κ1) is 16.9. The molecule has 1 amide bonds. The number of hydrogen-bond acceptors (Lipinski definition) is 6. The fourth-order valence-corrected chi connectivity index (χ4v) is 3.14. The van der Waals surface area contributed by atoms with Crippen LogP contribution < -0.4 is 20.1 Å². The van der Waals surface area contributed by atoms with Gasteiger partial charge in [-0.05, 0) is 24.3 Å². The molecule has 27 heavy (non-hydrogen) atoms. The summed E-state index contributed by atoms with van der Waals surface area (Å²) in [6.45, 7) is 0. The first-order valence-corrected chi connectivity index (χ1v) is 8.41. The van der Waals surface area contributed by atoms with E-state index in [0.717, 1.165) is 5.52 Å². The lowest BCUT2D eigenvalue weighted by molar-refractivity contribution is -0.117. The van der Waals surface area contributed by atoms with Gasteiger partial charge in [0.2, 0.25) is 17.8 Å². The minimum atomic E-state index is -0.738. The summed E-state index contributed by atoms with van der Waals surface area (Å²) in [7, 11) is 3.06. The molecule has 0 bridgehead atoms. The van der Waals surface area contributed by atoms with Gasteiger partial charge in [0.05, 0.1) is 37.4 Å². The van der Waals surface area contributed by atoms with Crippen molar-refractivity contribution in [2.24, 2.45) is 0 Å². The van der Waals surface area contributed by atoms with Gasteiger partial charge in [-0.2, -0.15) is 0 Å². The van der Waals surface area contributed by atoms with E-state index in [9.17, 15) is 9.59 Å². The third kappa shape index (κ3) is 2.95. The summed E-state index contributed by atoms with van der Waals surface area (Å²) in [5.74, 6) is 0.910. The molecule has 0 saturated heterocycles. The van der Waals surface area contributed by atoms with Crippen LogP contribution in [0.3, 0.4) is 0 Å². The van der Waals surface area contributed by atoms with Gasteiger partial charge in [0, 0.05) is 6.07 Å². The Hall–Kier alpha value is -3.55. The Balaban J connectivity index is 1.60. The number of nitrogens with zero attached hydrogens (tertiary/aromatic N) is 2. The molecule has 8 heteroatoms. The highest BCUT2D eigenvalue weighted by atomic mass is 16.5.